The summed E-state index contributed by atoms with van der Waals surface area (Å²) in [6.07, 6.45) is 3.77. The van der Waals surface area contributed by atoms with Gasteiger partial charge in [0, 0.05) is 19.0 Å². The lowest BCUT2D eigenvalue weighted by atomic mass is 9.85. The molecule has 1 unspecified atom stereocenters. The fraction of sp³-hybridized carbons (Fsp3) is 1.00. The van der Waals surface area contributed by atoms with Crippen LogP contribution < -0.4 is 0 Å². The molecule has 78 valence electrons. The van der Waals surface area contributed by atoms with Crippen molar-refractivity contribution in [3.05, 3.63) is 0 Å². The highest BCUT2D eigenvalue weighted by Crippen LogP contribution is 2.26. The maximum absolute atomic E-state index is 9.39. The van der Waals surface area contributed by atoms with Gasteiger partial charge in [0.2, 0.25) is 0 Å². The van der Waals surface area contributed by atoms with Crippen LogP contribution in [0.25, 0.3) is 0 Å². The van der Waals surface area contributed by atoms with E-state index in [1.807, 2.05) is 0 Å². The second-order valence-electron chi connectivity index (χ2n) is 3.96. The second-order valence-corrected chi connectivity index (χ2v) is 4.27. The van der Waals surface area contributed by atoms with E-state index in [0.29, 0.717) is 5.88 Å². The predicted octanol–water partition coefficient (Wildman–Crippen LogP) is 1.71. The quantitative estimate of drug-likeness (QED) is 0.668. The fourth-order valence-electron chi connectivity index (χ4n) is 1.72. The van der Waals surface area contributed by atoms with Crippen LogP contribution >= 0.6 is 11.6 Å². The van der Waals surface area contributed by atoms with E-state index in [1.165, 1.54) is 19.3 Å². The largest absolute Gasteiger partial charge is 0.391 e. The molecular formula is C10H20ClNO. The van der Waals surface area contributed by atoms with E-state index in [-0.39, 0.29) is 6.10 Å². The van der Waals surface area contributed by atoms with Crippen LogP contribution in [0.3, 0.4) is 0 Å². The molecule has 0 heterocycles. The molecule has 1 N–H and O–H groups in total. The molecule has 1 aliphatic rings. The standard InChI is InChI=1S/C10H20ClNO/c1-2-12(8-10(13)6-11)7-9-4-3-5-9/h9-10,13H,2-8H2,1H3. The topological polar surface area (TPSA) is 23.5 Å². The smallest absolute Gasteiger partial charge is 0.0802 e. The van der Waals surface area contributed by atoms with Gasteiger partial charge in [0.05, 0.1) is 6.10 Å². The highest BCUT2D eigenvalue weighted by atomic mass is 35.5. The molecule has 1 rings (SSSR count). The van der Waals surface area contributed by atoms with Crippen LogP contribution in [-0.2, 0) is 0 Å². The van der Waals surface area contributed by atoms with Crippen molar-refractivity contribution in [1.82, 2.24) is 4.90 Å². The Balaban J connectivity index is 2.16. The summed E-state index contributed by atoms with van der Waals surface area (Å²) in [7, 11) is 0. The molecule has 13 heavy (non-hydrogen) atoms. The first-order chi connectivity index (χ1) is 6.26. The molecule has 1 fully saturated rings. The lowest BCUT2D eigenvalue weighted by Crippen LogP contribution is -2.38. The van der Waals surface area contributed by atoms with E-state index in [2.05, 4.69) is 11.8 Å². The second kappa shape index (κ2) is 5.84. The lowest BCUT2D eigenvalue weighted by molar-refractivity contribution is 0.107. The van der Waals surface area contributed by atoms with Crippen LogP contribution in [0.1, 0.15) is 26.2 Å². The van der Waals surface area contributed by atoms with Crippen molar-refractivity contribution in [1.29, 1.82) is 0 Å². The van der Waals surface area contributed by atoms with Crippen LogP contribution in [0.2, 0.25) is 0 Å². The van der Waals surface area contributed by atoms with Crippen molar-refractivity contribution in [2.24, 2.45) is 5.92 Å². The minimum atomic E-state index is -0.360. The van der Waals surface area contributed by atoms with E-state index in [9.17, 15) is 5.11 Å². The van der Waals surface area contributed by atoms with Crippen molar-refractivity contribution >= 4 is 11.6 Å². The van der Waals surface area contributed by atoms with E-state index in [1.54, 1.807) is 0 Å². The number of rotatable bonds is 6. The molecule has 0 aromatic rings. The van der Waals surface area contributed by atoms with E-state index in [0.717, 1.165) is 25.6 Å². The SMILES string of the molecule is CCN(CC(O)CCl)CC1CCC1. The van der Waals surface area contributed by atoms with Gasteiger partial charge in [0.15, 0.2) is 0 Å². The van der Waals surface area contributed by atoms with E-state index in [4.69, 9.17) is 11.6 Å². The summed E-state index contributed by atoms with van der Waals surface area (Å²) < 4.78 is 0. The first-order valence-electron chi connectivity index (χ1n) is 5.22. The van der Waals surface area contributed by atoms with Gasteiger partial charge in [-0.1, -0.05) is 13.3 Å². The first-order valence-corrected chi connectivity index (χ1v) is 5.76. The van der Waals surface area contributed by atoms with E-state index >= 15 is 0 Å². The number of halogens is 1. The summed E-state index contributed by atoms with van der Waals surface area (Å²) in [5.41, 5.74) is 0. The Morgan fingerprint density at radius 2 is 2.23 bits per heavy atom. The molecule has 0 saturated heterocycles. The van der Waals surface area contributed by atoms with Crippen molar-refractivity contribution in [3.8, 4) is 0 Å². The summed E-state index contributed by atoms with van der Waals surface area (Å²) in [4.78, 5) is 2.30. The fourth-order valence-corrected chi connectivity index (χ4v) is 1.82. The Hall–Kier alpha value is 0.210. The molecule has 2 nitrogen and oxygen atoms in total. The molecular weight excluding hydrogens is 186 g/mol. The normalized spacial score (nSPS) is 20.3. The molecule has 0 aromatic heterocycles. The van der Waals surface area contributed by atoms with Gasteiger partial charge in [-0.25, -0.2) is 0 Å². The highest BCUT2D eigenvalue weighted by Gasteiger charge is 2.20. The number of hydrogen-bond acceptors (Lipinski definition) is 2. The maximum Gasteiger partial charge on any atom is 0.0802 e. The van der Waals surface area contributed by atoms with Crippen LogP contribution in [0.5, 0.6) is 0 Å². The lowest BCUT2D eigenvalue weighted by Gasteiger charge is -2.32. The number of aliphatic hydroxyl groups is 1. The Labute approximate surface area is 85.9 Å². The van der Waals surface area contributed by atoms with Gasteiger partial charge in [0.25, 0.3) is 0 Å². The molecule has 3 heteroatoms. The zero-order chi connectivity index (χ0) is 9.68. The molecule has 1 atom stereocenters. The van der Waals surface area contributed by atoms with Gasteiger partial charge < -0.3 is 10.0 Å². The summed E-state index contributed by atoms with van der Waals surface area (Å²) in [6.45, 7) is 5.03. The minimum absolute atomic E-state index is 0.348. The van der Waals surface area contributed by atoms with Gasteiger partial charge >= 0.3 is 0 Å². The maximum atomic E-state index is 9.39. The molecule has 0 aromatic carbocycles. The van der Waals surface area contributed by atoms with Crippen molar-refractivity contribution in [3.63, 3.8) is 0 Å². The van der Waals surface area contributed by atoms with Gasteiger partial charge in [-0.2, -0.15) is 0 Å². The average Bonchev–Trinajstić information content (AvgIpc) is 2.08. The monoisotopic (exact) mass is 205 g/mol. The number of alkyl halides is 1. The van der Waals surface area contributed by atoms with Crippen LogP contribution in [-0.4, -0.2) is 41.6 Å². The summed E-state index contributed by atoms with van der Waals surface area (Å²) in [6, 6.07) is 0. The van der Waals surface area contributed by atoms with Crippen LogP contribution in [0, 0.1) is 5.92 Å². The van der Waals surface area contributed by atoms with Crippen molar-refractivity contribution in [2.75, 3.05) is 25.5 Å². The Bertz CT molecular complexity index is 132. The molecule has 1 aliphatic carbocycles. The van der Waals surface area contributed by atoms with Gasteiger partial charge in [-0.05, 0) is 25.3 Å². The zero-order valence-electron chi connectivity index (χ0n) is 8.38. The Kier molecular flexibility index (Phi) is 5.07. The third-order valence-corrected chi connectivity index (χ3v) is 3.19. The number of aliphatic hydroxyl groups excluding tert-OH is 1. The number of hydrogen-bond donors (Lipinski definition) is 1. The third-order valence-electron chi connectivity index (χ3n) is 2.84. The highest BCUT2D eigenvalue weighted by molar-refractivity contribution is 6.18. The Morgan fingerprint density at radius 1 is 1.54 bits per heavy atom. The first kappa shape index (κ1) is 11.3. The van der Waals surface area contributed by atoms with Gasteiger partial charge in [-0.3, -0.25) is 0 Å². The summed E-state index contributed by atoms with van der Waals surface area (Å²) >= 11 is 5.56. The number of nitrogens with zero attached hydrogens (tertiary/aromatic N) is 1. The van der Waals surface area contributed by atoms with Gasteiger partial charge in [0.1, 0.15) is 0 Å². The minimum Gasteiger partial charge on any atom is -0.391 e. The zero-order valence-corrected chi connectivity index (χ0v) is 9.13. The Morgan fingerprint density at radius 3 is 2.62 bits per heavy atom. The average molecular weight is 206 g/mol. The van der Waals surface area contributed by atoms with Crippen molar-refractivity contribution in [2.45, 2.75) is 32.3 Å². The van der Waals surface area contributed by atoms with Crippen LogP contribution in [0.15, 0.2) is 0 Å². The van der Waals surface area contributed by atoms with Gasteiger partial charge in [-0.15, -0.1) is 11.6 Å². The van der Waals surface area contributed by atoms with Crippen LogP contribution in [0.4, 0.5) is 0 Å². The summed E-state index contributed by atoms with van der Waals surface area (Å²) in [5.74, 6) is 1.23. The molecule has 0 amide bonds. The van der Waals surface area contributed by atoms with E-state index < -0.39 is 0 Å². The predicted molar refractivity (Wildman–Crippen MR) is 56.2 cm³/mol. The molecule has 0 radical (unpaired) electrons. The third kappa shape index (κ3) is 3.84. The molecule has 0 aliphatic heterocycles. The summed E-state index contributed by atoms with van der Waals surface area (Å²) in [5, 5.41) is 9.39. The number of likely N-dealkylation sites (N-methyl/N-ethyl adjacent to an activating group) is 1. The molecule has 0 bridgehead atoms. The molecule has 0 spiro atoms. The molecule has 1 saturated carbocycles. The van der Waals surface area contributed by atoms with Crippen molar-refractivity contribution < 1.29 is 5.11 Å².